The van der Waals surface area contributed by atoms with Crippen molar-refractivity contribution in [1.82, 2.24) is 14.9 Å². The number of pyridine rings is 1. The van der Waals surface area contributed by atoms with E-state index < -0.39 is 5.97 Å². The molecule has 3 aliphatic rings. The molecule has 0 aromatic carbocycles. The van der Waals surface area contributed by atoms with Crippen molar-refractivity contribution < 1.29 is 14.7 Å². The number of carboxylic acid groups (broad SMARTS) is 1. The molecule has 1 amide bonds. The van der Waals surface area contributed by atoms with Crippen LogP contribution in [0.5, 0.6) is 0 Å². The van der Waals surface area contributed by atoms with Crippen LogP contribution in [0.4, 0.5) is 0 Å². The summed E-state index contributed by atoms with van der Waals surface area (Å²) in [6.45, 7) is 2.90. The summed E-state index contributed by atoms with van der Waals surface area (Å²) >= 11 is 0. The van der Waals surface area contributed by atoms with Gasteiger partial charge in [0, 0.05) is 36.8 Å². The number of likely N-dealkylation sites (tertiary alicyclic amines) is 1. The lowest BCUT2D eigenvalue weighted by atomic mass is 9.71. The van der Waals surface area contributed by atoms with Gasteiger partial charge in [-0.2, -0.15) is 0 Å². The number of aliphatic carboxylic acids is 1. The van der Waals surface area contributed by atoms with Gasteiger partial charge in [-0.1, -0.05) is 13.3 Å². The van der Waals surface area contributed by atoms with Crippen molar-refractivity contribution in [3.63, 3.8) is 0 Å². The second-order valence-corrected chi connectivity index (χ2v) is 9.58. The average molecular weight is 410 g/mol. The highest BCUT2D eigenvalue weighted by Crippen LogP contribution is 2.45. The summed E-state index contributed by atoms with van der Waals surface area (Å²) in [6.07, 6.45) is 11.3. The van der Waals surface area contributed by atoms with Crippen LogP contribution in [0.15, 0.2) is 18.5 Å². The van der Waals surface area contributed by atoms with E-state index >= 15 is 0 Å². The molecule has 160 valence electrons. The highest BCUT2D eigenvalue weighted by molar-refractivity contribution is 5.86. The fourth-order valence-electron chi connectivity index (χ4n) is 6.02. The maximum Gasteiger partial charge on any atom is 0.306 e. The van der Waals surface area contributed by atoms with Crippen molar-refractivity contribution in [1.29, 1.82) is 0 Å². The number of hydrogen-bond donors (Lipinski definition) is 2. The van der Waals surface area contributed by atoms with Gasteiger partial charge >= 0.3 is 5.97 Å². The minimum absolute atomic E-state index is 0.0972. The predicted molar refractivity (Wildman–Crippen MR) is 114 cm³/mol. The van der Waals surface area contributed by atoms with Crippen molar-refractivity contribution >= 4 is 22.9 Å². The zero-order valence-electron chi connectivity index (χ0n) is 17.6. The number of carboxylic acids is 1. The van der Waals surface area contributed by atoms with E-state index in [4.69, 9.17) is 0 Å². The first-order valence-electron chi connectivity index (χ1n) is 11.5. The van der Waals surface area contributed by atoms with Crippen molar-refractivity contribution in [2.45, 2.75) is 76.2 Å². The number of nitrogens with zero attached hydrogens (tertiary/aromatic N) is 2. The molecule has 30 heavy (non-hydrogen) atoms. The van der Waals surface area contributed by atoms with Gasteiger partial charge in [-0.15, -0.1) is 0 Å². The Morgan fingerprint density at radius 1 is 1.23 bits per heavy atom. The Kier molecular flexibility index (Phi) is 5.03. The first kappa shape index (κ1) is 19.6. The fourth-order valence-corrected chi connectivity index (χ4v) is 6.02. The predicted octanol–water partition coefficient (Wildman–Crippen LogP) is 4.43. The van der Waals surface area contributed by atoms with Gasteiger partial charge in [-0.25, -0.2) is 4.98 Å². The topological polar surface area (TPSA) is 86.3 Å². The SMILES string of the molecule is CC(CC(=O)N1CCCC2C(C(=O)O)CCCC21)c1c[nH]c2nccc(C3CC3)c12. The Morgan fingerprint density at radius 2 is 2.07 bits per heavy atom. The Morgan fingerprint density at radius 3 is 2.83 bits per heavy atom. The molecule has 0 radical (unpaired) electrons. The number of amides is 1. The molecular weight excluding hydrogens is 378 g/mol. The molecule has 2 N–H and O–H groups in total. The van der Waals surface area contributed by atoms with Crippen molar-refractivity contribution in [3.05, 3.63) is 29.6 Å². The van der Waals surface area contributed by atoms with E-state index in [2.05, 4.69) is 23.0 Å². The van der Waals surface area contributed by atoms with Gasteiger partial charge in [-0.3, -0.25) is 9.59 Å². The number of piperidine rings is 1. The van der Waals surface area contributed by atoms with E-state index in [1.54, 1.807) is 0 Å². The third-order valence-electron chi connectivity index (χ3n) is 7.67. The standard InChI is InChI=1S/C24H31N3O3/c1-14(19-13-26-23-22(19)16(9-10-25-23)15-7-8-15)12-21(28)27-11-3-5-17-18(24(29)30)4-2-6-20(17)27/h9-10,13-15,17-18,20H,2-8,11-12H2,1H3,(H,25,26)(H,29,30). The number of aromatic amines is 1. The van der Waals surface area contributed by atoms with Crippen LogP contribution in [-0.2, 0) is 9.59 Å². The Bertz CT molecular complexity index is 964. The Hall–Kier alpha value is -2.37. The molecule has 5 rings (SSSR count). The number of rotatable bonds is 5. The van der Waals surface area contributed by atoms with Gasteiger partial charge in [0.1, 0.15) is 5.65 Å². The third kappa shape index (κ3) is 3.40. The van der Waals surface area contributed by atoms with E-state index in [1.807, 2.05) is 17.3 Å². The number of nitrogens with one attached hydrogen (secondary N) is 1. The highest BCUT2D eigenvalue weighted by Gasteiger charge is 2.43. The number of hydrogen-bond acceptors (Lipinski definition) is 3. The number of aromatic nitrogens is 2. The first-order chi connectivity index (χ1) is 14.5. The van der Waals surface area contributed by atoms with Crippen molar-refractivity contribution in [3.8, 4) is 0 Å². The monoisotopic (exact) mass is 409 g/mol. The van der Waals surface area contributed by atoms with E-state index in [-0.39, 0.29) is 29.7 Å². The average Bonchev–Trinajstić information content (AvgIpc) is 3.50. The van der Waals surface area contributed by atoms with Gasteiger partial charge in [-0.05, 0) is 73.5 Å². The number of fused-ring (bicyclic) bond motifs is 2. The molecule has 3 fully saturated rings. The summed E-state index contributed by atoms with van der Waals surface area (Å²) < 4.78 is 0. The molecule has 2 aromatic heterocycles. The van der Waals surface area contributed by atoms with Crippen molar-refractivity contribution in [2.75, 3.05) is 6.54 Å². The molecule has 2 aliphatic carbocycles. The fraction of sp³-hybridized carbons (Fsp3) is 0.625. The maximum absolute atomic E-state index is 13.4. The summed E-state index contributed by atoms with van der Waals surface area (Å²) in [5.41, 5.74) is 3.47. The highest BCUT2D eigenvalue weighted by atomic mass is 16.4. The van der Waals surface area contributed by atoms with Crippen LogP contribution < -0.4 is 0 Å². The van der Waals surface area contributed by atoms with Crippen LogP contribution in [-0.4, -0.2) is 44.4 Å². The lowest BCUT2D eigenvalue weighted by molar-refractivity contribution is -0.152. The van der Waals surface area contributed by atoms with Crippen LogP contribution in [0.2, 0.25) is 0 Å². The molecule has 1 aliphatic heterocycles. The van der Waals surface area contributed by atoms with E-state index in [0.29, 0.717) is 12.3 Å². The smallest absolute Gasteiger partial charge is 0.306 e. The molecule has 6 nitrogen and oxygen atoms in total. The lowest BCUT2D eigenvalue weighted by Gasteiger charge is -2.46. The van der Waals surface area contributed by atoms with Gasteiger partial charge in [0.25, 0.3) is 0 Å². The normalized spacial score (nSPS) is 27.6. The summed E-state index contributed by atoms with van der Waals surface area (Å²) in [7, 11) is 0. The molecule has 0 bridgehead atoms. The van der Waals surface area contributed by atoms with Gasteiger partial charge < -0.3 is 15.0 Å². The lowest BCUT2D eigenvalue weighted by Crippen LogP contribution is -2.53. The van der Waals surface area contributed by atoms with Gasteiger partial charge in [0.15, 0.2) is 0 Å². The largest absolute Gasteiger partial charge is 0.481 e. The molecule has 2 saturated carbocycles. The number of carbonyl (C=O) groups excluding carboxylic acids is 1. The summed E-state index contributed by atoms with van der Waals surface area (Å²) in [4.78, 5) is 34.9. The van der Waals surface area contributed by atoms with Crippen molar-refractivity contribution in [2.24, 2.45) is 11.8 Å². The van der Waals surface area contributed by atoms with E-state index in [0.717, 1.165) is 44.3 Å². The first-order valence-corrected chi connectivity index (χ1v) is 11.5. The zero-order chi connectivity index (χ0) is 20.8. The van der Waals surface area contributed by atoms with Crippen LogP contribution in [0.25, 0.3) is 11.0 Å². The molecule has 6 heteroatoms. The number of H-pyrrole nitrogens is 1. The van der Waals surface area contributed by atoms with Crippen LogP contribution in [0, 0.1) is 11.8 Å². The maximum atomic E-state index is 13.4. The second kappa shape index (κ2) is 7.71. The van der Waals surface area contributed by atoms with E-state index in [1.165, 1.54) is 29.4 Å². The Balaban J connectivity index is 1.35. The van der Waals surface area contributed by atoms with E-state index in [9.17, 15) is 14.7 Å². The second-order valence-electron chi connectivity index (χ2n) is 9.58. The third-order valence-corrected chi connectivity index (χ3v) is 7.67. The zero-order valence-corrected chi connectivity index (χ0v) is 17.6. The van der Waals surface area contributed by atoms with Gasteiger partial charge in [0.05, 0.1) is 5.92 Å². The number of carbonyl (C=O) groups is 2. The molecule has 1 saturated heterocycles. The van der Waals surface area contributed by atoms with Crippen LogP contribution in [0.1, 0.15) is 81.3 Å². The summed E-state index contributed by atoms with van der Waals surface area (Å²) in [6, 6.07) is 2.23. The minimum atomic E-state index is -0.689. The van der Waals surface area contributed by atoms with Gasteiger partial charge in [0.2, 0.25) is 5.91 Å². The molecule has 3 heterocycles. The van der Waals surface area contributed by atoms with Crippen LogP contribution >= 0.6 is 0 Å². The quantitative estimate of drug-likeness (QED) is 0.765. The molecule has 0 spiro atoms. The summed E-state index contributed by atoms with van der Waals surface area (Å²) in [5, 5.41) is 10.8. The Labute approximate surface area is 177 Å². The molecule has 2 aromatic rings. The summed E-state index contributed by atoms with van der Waals surface area (Å²) in [5.74, 6) is 0.0412. The molecule has 4 atom stereocenters. The molecular formula is C24H31N3O3. The minimum Gasteiger partial charge on any atom is -0.481 e. The van der Waals surface area contributed by atoms with Crippen LogP contribution in [0.3, 0.4) is 0 Å². The molecule has 4 unspecified atom stereocenters.